The number of unbranched alkanes of at least 4 members (excludes halogenated alkanes) is 2. The summed E-state index contributed by atoms with van der Waals surface area (Å²) in [7, 11) is 0. The van der Waals surface area contributed by atoms with E-state index in [4.69, 9.17) is 0 Å². The van der Waals surface area contributed by atoms with Crippen molar-refractivity contribution < 1.29 is 0 Å². The molecular weight excluding hydrogens is 242 g/mol. The molecule has 0 aromatic carbocycles. The second-order valence-corrected chi connectivity index (χ2v) is 6.33. The van der Waals surface area contributed by atoms with Gasteiger partial charge in [0.25, 0.3) is 0 Å². The maximum atomic E-state index is 4.36. The first-order valence-electron chi connectivity index (χ1n) is 8.35. The Labute approximate surface area is 126 Å². The summed E-state index contributed by atoms with van der Waals surface area (Å²) in [5.41, 5.74) is 1.33. The minimum atomic E-state index is 0.716. The number of hydrogen-bond donors (Lipinski definition) is 0. The van der Waals surface area contributed by atoms with E-state index in [1.807, 2.05) is 12.2 Å². The van der Waals surface area contributed by atoms with E-state index in [0.29, 0.717) is 6.04 Å². The maximum absolute atomic E-state index is 4.36. The maximum Gasteiger partial charge on any atom is 0.0356 e. The normalized spacial score (nSPS) is 16.9. The van der Waals surface area contributed by atoms with Crippen LogP contribution in [-0.4, -0.2) is 17.5 Å². The standard InChI is InChI=1S/C19H33N/c1-5-7-8-9-12-17(3)16-18(4)20(15-6-2)19-13-10-11-14-19/h5-6,17,19H,1-2,4,7-16H2,3H3. The minimum absolute atomic E-state index is 0.716. The van der Waals surface area contributed by atoms with Gasteiger partial charge in [-0.15, -0.1) is 13.2 Å². The van der Waals surface area contributed by atoms with Gasteiger partial charge in [0.05, 0.1) is 0 Å². The van der Waals surface area contributed by atoms with Crippen LogP contribution in [0.2, 0.25) is 0 Å². The first-order valence-corrected chi connectivity index (χ1v) is 8.35. The molecule has 114 valence electrons. The van der Waals surface area contributed by atoms with Crippen molar-refractivity contribution in [2.24, 2.45) is 5.92 Å². The Morgan fingerprint density at radius 3 is 2.50 bits per heavy atom. The van der Waals surface area contributed by atoms with Gasteiger partial charge in [0.15, 0.2) is 0 Å². The Hall–Kier alpha value is -0.980. The van der Waals surface area contributed by atoms with E-state index in [1.54, 1.807) is 0 Å². The molecule has 1 aliphatic carbocycles. The van der Waals surface area contributed by atoms with E-state index in [0.717, 1.165) is 25.3 Å². The molecule has 20 heavy (non-hydrogen) atoms. The van der Waals surface area contributed by atoms with Crippen LogP contribution in [0.15, 0.2) is 37.6 Å². The molecule has 0 aliphatic heterocycles. The smallest absolute Gasteiger partial charge is 0.0356 e. The van der Waals surface area contributed by atoms with Gasteiger partial charge in [0.1, 0.15) is 0 Å². The zero-order chi connectivity index (χ0) is 14.8. The Balaban J connectivity index is 2.36. The predicted molar refractivity (Wildman–Crippen MR) is 90.7 cm³/mol. The topological polar surface area (TPSA) is 3.24 Å². The third-order valence-electron chi connectivity index (χ3n) is 4.44. The molecule has 1 heteroatoms. The number of allylic oxidation sites excluding steroid dienone is 2. The first kappa shape index (κ1) is 17.1. The Morgan fingerprint density at radius 1 is 1.20 bits per heavy atom. The second kappa shape index (κ2) is 9.85. The van der Waals surface area contributed by atoms with Crippen molar-refractivity contribution in [2.45, 2.75) is 70.8 Å². The molecule has 0 amide bonds. The highest BCUT2D eigenvalue weighted by molar-refractivity contribution is 5.01. The van der Waals surface area contributed by atoms with Gasteiger partial charge in [0.2, 0.25) is 0 Å². The molecule has 0 spiro atoms. The average molecular weight is 275 g/mol. The summed E-state index contributed by atoms with van der Waals surface area (Å²) in [5, 5.41) is 0. The summed E-state index contributed by atoms with van der Waals surface area (Å²) in [4.78, 5) is 2.51. The molecule has 1 unspecified atom stereocenters. The first-order chi connectivity index (χ1) is 9.69. The Kier molecular flexibility index (Phi) is 8.41. The van der Waals surface area contributed by atoms with Crippen molar-refractivity contribution in [3.8, 4) is 0 Å². The number of hydrogen-bond acceptors (Lipinski definition) is 1. The lowest BCUT2D eigenvalue weighted by Gasteiger charge is -2.33. The van der Waals surface area contributed by atoms with Crippen LogP contribution in [0.1, 0.15) is 64.7 Å². The fraction of sp³-hybridized carbons (Fsp3) is 0.684. The van der Waals surface area contributed by atoms with Crippen LogP contribution in [0.5, 0.6) is 0 Å². The van der Waals surface area contributed by atoms with Crippen molar-refractivity contribution in [1.29, 1.82) is 0 Å². The molecule has 0 N–H and O–H groups in total. The van der Waals surface area contributed by atoms with Crippen molar-refractivity contribution in [1.82, 2.24) is 4.90 Å². The molecule has 0 saturated heterocycles. The van der Waals surface area contributed by atoms with Crippen LogP contribution in [-0.2, 0) is 0 Å². The van der Waals surface area contributed by atoms with E-state index >= 15 is 0 Å². The molecule has 0 aromatic rings. The van der Waals surface area contributed by atoms with Gasteiger partial charge in [-0.3, -0.25) is 0 Å². The number of nitrogens with zero attached hydrogens (tertiary/aromatic N) is 1. The van der Waals surface area contributed by atoms with E-state index in [9.17, 15) is 0 Å². The highest BCUT2D eigenvalue weighted by Crippen LogP contribution is 2.29. The molecule has 1 aliphatic rings. The van der Waals surface area contributed by atoms with Crippen LogP contribution in [0.4, 0.5) is 0 Å². The van der Waals surface area contributed by atoms with Crippen LogP contribution in [0.25, 0.3) is 0 Å². The number of rotatable bonds is 11. The molecule has 1 fully saturated rings. The quantitative estimate of drug-likeness (QED) is 0.345. The zero-order valence-corrected chi connectivity index (χ0v) is 13.4. The Morgan fingerprint density at radius 2 is 1.90 bits per heavy atom. The molecule has 1 rings (SSSR count). The monoisotopic (exact) mass is 275 g/mol. The molecule has 1 saturated carbocycles. The molecule has 0 radical (unpaired) electrons. The van der Waals surface area contributed by atoms with Gasteiger partial charge in [-0.2, -0.15) is 0 Å². The summed E-state index contributed by atoms with van der Waals surface area (Å²) in [6.45, 7) is 15.4. The summed E-state index contributed by atoms with van der Waals surface area (Å²) >= 11 is 0. The van der Waals surface area contributed by atoms with Crippen LogP contribution in [0, 0.1) is 5.92 Å². The van der Waals surface area contributed by atoms with Gasteiger partial charge < -0.3 is 4.90 Å². The highest BCUT2D eigenvalue weighted by Gasteiger charge is 2.23. The van der Waals surface area contributed by atoms with Gasteiger partial charge >= 0.3 is 0 Å². The van der Waals surface area contributed by atoms with Gasteiger partial charge in [-0.05, 0) is 38.0 Å². The molecule has 0 heterocycles. The van der Waals surface area contributed by atoms with Crippen LogP contribution in [0.3, 0.4) is 0 Å². The summed E-state index contributed by atoms with van der Waals surface area (Å²) in [6, 6.07) is 0.716. The molecule has 0 bridgehead atoms. The lowest BCUT2D eigenvalue weighted by molar-refractivity contribution is 0.261. The van der Waals surface area contributed by atoms with Crippen LogP contribution >= 0.6 is 0 Å². The fourth-order valence-electron chi connectivity index (χ4n) is 3.29. The molecular formula is C19H33N. The Bertz CT molecular complexity index is 299. The average Bonchev–Trinajstić information content (AvgIpc) is 2.94. The predicted octanol–water partition coefficient (Wildman–Crippen LogP) is 5.70. The van der Waals surface area contributed by atoms with E-state index < -0.39 is 0 Å². The summed E-state index contributed by atoms with van der Waals surface area (Å²) < 4.78 is 0. The lowest BCUT2D eigenvalue weighted by Crippen LogP contribution is -2.33. The lowest BCUT2D eigenvalue weighted by atomic mass is 9.97. The summed E-state index contributed by atoms with van der Waals surface area (Å²) in [5.74, 6) is 0.737. The zero-order valence-electron chi connectivity index (χ0n) is 13.4. The molecule has 1 nitrogen and oxygen atoms in total. The fourth-order valence-corrected chi connectivity index (χ4v) is 3.29. The van der Waals surface area contributed by atoms with Crippen molar-refractivity contribution in [3.05, 3.63) is 37.6 Å². The van der Waals surface area contributed by atoms with E-state index in [-0.39, 0.29) is 0 Å². The van der Waals surface area contributed by atoms with Gasteiger partial charge in [-0.25, -0.2) is 0 Å². The molecule has 0 aromatic heterocycles. The van der Waals surface area contributed by atoms with E-state index in [1.165, 1.54) is 50.6 Å². The SMILES string of the molecule is C=CCCCCC(C)CC(=C)N(CC=C)C1CCCC1. The van der Waals surface area contributed by atoms with Gasteiger partial charge in [0, 0.05) is 18.3 Å². The van der Waals surface area contributed by atoms with Crippen molar-refractivity contribution >= 4 is 0 Å². The van der Waals surface area contributed by atoms with Crippen LogP contribution < -0.4 is 0 Å². The minimum Gasteiger partial charge on any atom is -0.369 e. The second-order valence-electron chi connectivity index (χ2n) is 6.33. The van der Waals surface area contributed by atoms with Crippen molar-refractivity contribution in [2.75, 3.05) is 6.54 Å². The summed E-state index contributed by atoms with van der Waals surface area (Å²) in [6.07, 6.45) is 15.7. The van der Waals surface area contributed by atoms with Gasteiger partial charge in [-0.1, -0.05) is 51.3 Å². The highest BCUT2D eigenvalue weighted by atomic mass is 15.2. The largest absolute Gasteiger partial charge is 0.369 e. The van der Waals surface area contributed by atoms with E-state index in [2.05, 4.69) is 31.6 Å². The third kappa shape index (κ3) is 5.98. The molecule has 1 atom stereocenters. The van der Waals surface area contributed by atoms with Crippen molar-refractivity contribution in [3.63, 3.8) is 0 Å². The third-order valence-corrected chi connectivity index (χ3v) is 4.44.